The lowest BCUT2D eigenvalue weighted by Crippen LogP contribution is -2.41. The number of aromatic nitrogens is 5. The molecule has 2 N–H and O–H groups in total. The van der Waals surface area contributed by atoms with Crippen LogP contribution in [0.15, 0.2) is 40.5 Å². The van der Waals surface area contributed by atoms with Crippen molar-refractivity contribution in [3.05, 3.63) is 40.9 Å². The Morgan fingerprint density at radius 2 is 2.20 bits per heavy atom. The van der Waals surface area contributed by atoms with Gasteiger partial charge in [0, 0.05) is 6.04 Å². The smallest absolute Gasteiger partial charge is 0.269 e. The fourth-order valence-corrected chi connectivity index (χ4v) is 5.95. The highest BCUT2D eigenvalue weighted by molar-refractivity contribution is 7.99. The molecule has 2 aromatic heterocycles. The Morgan fingerprint density at radius 1 is 1.33 bits per heavy atom. The topological polar surface area (TPSA) is 106 Å². The van der Waals surface area contributed by atoms with Gasteiger partial charge >= 0.3 is 0 Å². The number of carbonyl (C=O) groups excluding carboxylic acids is 1. The summed E-state index contributed by atoms with van der Waals surface area (Å²) < 4.78 is 1.38. The van der Waals surface area contributed by atoms with E-state index >= 15 is 0 Å². The van der Waals surface area contributed by atoms with Crippen molar-refractivity contribution in [2.75, 3.05) is 5.75 Å². The molecule has 8 nitrogen and oxygen atoms in total. The molecule has 1 amide bonds. The first-order valence-electron chi connectivity index (χ1n) is 10.4. The van der Waals surface area contributed by atoms with E-state index in [9.17, 15) is 9.59 Å². The first-order valence-corrected chi connectivity index (χ1v) is 11.4. The van der Waals surface area contributed by atoms with Gasteiger partial charge in [0.2, 0.25) is 11.9 Å². The lowest BCUT2D eigenvalue weighted by molar-refractivity contribution is -0.119. The van der Waals surface area contributed by atoms with Crippen molar-refractivity contribution in [1.82, 2.24) is 30.0 Å². The number of nitrogens with zero attached hydrogens (tertiary/aromatic N) is 4. The molecule has 0 aliphatic heterocycles. The van der Waals surface area contributed by atoms with Crippen molar-refractivity contribution in [2.45, 2.75) is 43.8 Å². The number of thioether (sulfide) groups is 1. The number of H-pyrrole nitrogens is 1. The van der Waals surface area contributed by atoms with Crippen molar-refractivity contribution < 1.29 is 4.79 Å². The molecule has 3 aromatic rings. The van der Waals surface area contributed by atoms with Crippen LogP contribution >= 0.6 is 11.8 Å². The zero-order chi connectivity index (χ0) is 20.7. The molecular formula is C21H24N6O2S. The second kappa shape index (κ2) is 7.86. The lowest BCUT2D eigenvalue weighted by atomic mass is 9.84. The molecule has 1 aromatic carbocycles. The number of benzene rings is 1. The summed E-state index contributed by atoms with van der Waals surface area (Å²) in [4.78, 5) is 34.4. The fourth-order valence-electron chi connectivity index (χ4n) is 5.14. The van der Waals surface area contributed by atoms with Crippen LogP contribution in [0.2, 0.25) is 0 Å². The van der Waals surface area contributed by atoms with Crippen molar-refractivity contribution >= 4 is 28.6 Å². The number of aromatic amines is 1. The minimum atomic E-state index is -0.240. The minimum Gasteiger partial charge on any atom is -0.353 e. The van der Waals surface area contributed by atoms with E-state index in [2.05, 4.69) is 32.4 Å². The summed E-state index contributed by atoms with van der Waals surface area (Å²) in [5.74, 6) is 2.63. The number of hydrogen-bond acceptors (Lipinski definition) is 6. The maximum Gasteiger partial charge on any atom is 0.269 e. The van der Waals surface area contributed by atoms with Gasteiger partial charge in [-0.25, -0.2) is 14.6 Å². The standard InChI is InChI=1S/C21H24N6O2S/c1-12(16-9-13-6-7-14(16)8-13)24-18(28)10-30-21-25-17-5-3-2-4-15(17)19(29)27(21)20-22-11-23-26-20/h2-5,11-14,16H,6-10H2,1H3,(H,24,28)(H,22,23,26)/t12-,13-,14-,16+/m0/s1. The Labute approximate surface area is 177 Å². The average molecular weight is 425 g/mol. The third-order valence-electron chi connectivity index (χ3n) is 6.52. The second-order valence-electron chi connectivity index (χ2n) is 8.34. The van der Waals surface area contributed by atoms with Crippen molar-refractivity contribution in [3.63, 3.8) is 0 Å². The van der Waals surface area contributed by atoms with Crippen LogP contribution in [-0.4, -0.2) is 42.4 Å². The third-order valence-corrected chi connectivity index (χ3v) is 7.45. The lowest BCUT2D eigenvalue weighted by Gasteiger charge is -2.28. The Kier molecular flexibility index (Phi) is 5.06. The van der Waals surface area contributed by atoms with Crippen LogP contribution < -0.4 is 10.9 Å². The van der Waals surface area contributed by atoms with Gasteiger partial charge in [-0.3, -0.25) is 9.59 Å². The van der Waals surface area contributed by atoms with Gasteiger partial charge < -0.3 is 5.32 Å². The molecular weight excluding hydrogens is 400 g/mol. The van der Waals surface area contributed by atoms with E-state index in [1.807, 2.05) is 6.07 Å². The summed E-state index contributed by atoms with van der Waals surface area (Å²) in [5.41, 5.74) is 0.354. The Bertz CT molecular complexity index is 1130. The van der Waals surface area contributed by atoms with Gasteiger partial charge in [0.1, 0.15) is 6.33 Å². The van der Waals surface area contributed by atoms with Crippen LogP contribution in [-0.2, 0) is 4.79 Å². The highest BCUT2D eigenvalue weighted by Crippen LogP contribution is 2.49. The van der Waals surface area contributed by atoms with E-state index in [4.69, 9.17) is 0 Å². The molecule has 156 valence electrons. The summed E-state index contributed by atoms with van der Waals surface area (Å²) >= 11 is 1.23. The number of carbonyl (C=O) groups is 1. The van der Waals surface area contributed by atoms with Crippen LogP contribution in [0.5, 0.6) is 0 Å². The molecule has 5 rings (SSSR count). The van der Waals surface area contributed by atoms with Gasteiger partial charge in [0.15, 0.2) is 5.16 Å². The van der Waals surface area contributed by atoms with Crippen LogP contribution in [0, 0.1) is 17.8 Å². The largest absolute Gasteiger partial charge is 0.353 e. The highest BCUT2D eigenvalue weighted by Gasteiger charge is 2.42. The molecule has 0 spiro atoms. The SMILES string of the molecule is C[C@H](NC(=O)CSc1nc2ccccc2c(=O)n1-c1ncn[nH]1)[C@H]1C[C@H]2CC[C@H]1C2. The predicted octanol–water partition coefficient (Wildman–Crippen LogP) is 2.54. The van der Waals surface area contributed by atoms with E-state index in [1.165, 1.54) is 48.3 Å². The van der Waals surface area contributed by atoms with Crippen LogP contribution in [0.3, 0.4) is 0 Å². The van der Waals surface area contributed by atoms with Crippen molar-refractivity contribution in [3.8, 4) is 5.95 Å². The quantitative estimate of drug-likeness (QED) is 0.465. The van der Waals surface area contributed by atoms with Gasteiger partial charge in [0.05, 0.1) is 16.7 Å². The van der Waals surface area contributed by atoms with Gasteiger partial charge in [-0.05, 0) is 56.1 Å². The van der Waals surface area contributed by atoms with Gasteiger partial charge in [-0.2, -0.15) is 10.1 Å². The third kappa shape index (κ3) is 3.51. The maximum absolute atomic E-state index is 13.0. The zero-order valence-corrected chi connectivity index (χ0v) is 17.6. The number of hydrogen-bond donors (Lipinski definition) is 2. The van der Waals surface area contributed by atoms with Crippen molar-refractivity contribution in [2.24, 2.45) is 17.8 Å². The zero-order valence-electron chi connectivity index (χ0n) is 16.7. The molecule has 2 saturated carbocycles. The van der Waals surface area contributed by atoms with Crippen molar-refractivity contribution in [1.29, 1.82) is 0 Å². The van der Waals surface area contributed by atoms with Crippen LogP contribution in [0.4, 0.5) is 0 Å². The van der Waals surface area contributed by atoms with E-state index < -0.39 is 0 Å². The monoisotopic (exact) mass is 424 g/mol. The molecule has 2 aliphatic rings. The van der Waals surface area contributed by atoms with Crippen LogP contribution in [0.1, 0.15) is 32.6 Å². The normalized spacial score (nSPS) is 23.7. The first kappa shape index (κ1) is 19.3. The maximum atomic E-state index is 13.0. The molecule has 30 heavy (non-hydrogen) atoms. The van der Waals surface area contributed by atoms with E-state index in [1.54, 1.807) is 18.2 Å². The van der Waals surface area contributed by atoms with Gasteiger partial charge in [0.25, 0.3) is 5.56 Å². The molecule has 4 atom stereocenters. The van der Waals surface area contributed by atoms with E-state index in [-0.39, 0.29) is 29.2 Å². The van der Waals surface area contributed by atoms with Crippen LogP contribution in [0.25, 0.3) is 16.9 Å². The Balaban J connectivity index is 1.34. The molecule has 2 aliphatic carbocycles. The summed E-state index contributed by atoms with van der Waals surface area (Å²) in [5, 5.41) is 10.6. The molecule has 0 saturated heterocycles. The molecule has 9 heteroatoms. The number of para-hydroxylation sites is 1. The summed E-state index contributed by atoms with van der Waals surface area (Å²) in [6.45, 7) is 2.12. The summed E-state index contributed by atoms with van der Waals surface area (Å²) in [7, 11) is 0. The average Bonchev–Trinajstić information content (AvgIpc) is 3.51. The first-order chi connectivity index (χ1) is 14.6. The highest BCUT2D eigenvalue weighted by atomic mass is 32.2. The fraction of sp³-hybridized carbons (Fsp3) is 0.476. The molecule has 0 radical (unpaired) electrons. The van der Waals surface area contributed by atoms with Gasteiger partial charge in [-0.1, -0.05) is 30.3 Å². The summed E-state index contributed by atoms with van der Waals surface area (Å²) in [6.07, 6.45) is 6.55. The molecule has 2 heterocycles. The number of rotatable bonds is 6. The van der Waals surface area contributed by atoms with Gasteiger partial charge in [-0.15, -0.1) is 0 Å². The minimum absolute atomic E-state index is 0.0400. The molecule has 2 bridgehead atoms. The second-order valence-corrected chi connectivity index (χ2v) is 9.29. The predicted molar refractivity (Wildman–Crippen MR) is 115 cm³/mol. The number of fused-ring (bicyclic) bond motifs is 3. The number of nitrogens with one attached hydrogen (secondary N) is 2. The Morgan fingerprint density at radius 3 is 2.93 bits per heavy atom. The van der Waals surface area contributed by atoms with E-state index in [0.29, 0.717) is 22.0 Å². The summed E-state index contributed by atoms with van der Waals surface area (Å²) in [6, 6.07) is 7.34. The Hall–Kier alpha value is -2.68. The molecule has 0 unspecified atom stereocenters. The number of amides is 1. The molecule has 2 fully saturated rings. The van der Waals surface area contributed by atoms with E-state index in [0.717, 1.165) is 11.8 Å².